The number of hydrogen-bond acceptors (Lipinski definition) is 4. The van der Waals surface area contributed by atoms with Crippen LogP contribution in [-0.4, -0.2) is 43.5 Å². The lowest BCUT2D eigenvalue weighted by atomic mass is 9.99. The Kier molecular flexibility index (Phi) is 7.60. The number of rotatable bonds is 8. The average molecular weight is 306 g/mol. The number of likely N-dealkylation sites (N-methyl/N-ethyl adjacent to an activating group) is 1. The summed E-state index contributed by atoms with van der Waals surface area (Å²) >= 11 is 0. The van der Waals surface area contributed by atoms with Crippen LogP contribution in [0.4, 0.5) is 0 Å². The maximum Gasteiger partial charge on any atom is 0.328 e. The van der Waals surface area contributed by atoms with Gasteiger partial charge in [0, 0.05) is 6.54 Å². The molecule has 122 valence electrons. The molecule has 2 unspecified atom stereocenters. The highest BCUT2D eigenvalue weighted by Crippen LogP contribution is 2.09. The molecule has 1 N–H and O–H groups in total. The molecule has 5 nitrogen and oxygen atoms in total. The molecular formula is C17H26N2O3. The van der Waals surface area contributed by atoms with Crippen LogP contribution in [0.3, 0.4) is 0 Å². The first-order valence-electron chi connectivity index (χ1n) is 7.57. The van der Waals surface area contributed by atoms with E-state index in [0.29, 0.717) is 6.54 Å². The lowest BCUT2D eigenvalue weighted by molar-refractivity contribution is -0.146. The Balaban J connectivity index is 2.54. The fourth-order valence-corrected chi connectivity index (χ4v) is 2.21. The number of ether oxygens (including phenoxy) is 1. The van der Waals surface area contributed by atoms with Crippen LogP contribution in [0.2, 0.25) is 0 Å². The van der Waals surface area contributed by atoms with E-state index in [1.807, 2.05) is 56.1 Å². The van der Waals surface area contributed by atoms with Gasteiger partial charge in [-0.05, 0) is 18.5 Å². The van der Waals surface area contributed by atoms with Crippen molar-refractivity contribution in [2.75, 3.05) is 20.7 Å². The first-order valence-corrected chi connectivity index (χ1v) is 7.57. The third-order valence-corrected chi connectivity index (χ3v) is 3.69. The molecule has 2 atom stereocenters. The van der Waals surface area contributed by atoms with Crippen molar-refractivity contribution in [1.29, 1.82) is 0 Å². The first-order chi connectivity index (χ1) is 10.5. The molecule has 0 saturated carbocycles. The molecule has 0 radical (unpaired) electrons. The van der Waals surface area contributed by atoms with Crippen LogP contribution < -0.4 is 5.32 Å². The Labute approximate surface area is 132 Å². The number of nitrogens with one attached hydrogen (secondary N) is 1. The van der Waals surface area contributed by atoms with Crippen LogP contribution in [0.5, 0.6) is 0 Å². The van der Waals surface area contributed by atoms with Gasteiger partial charge in [-0.2, -0.15) is 0 Å². The van der Waals surface area contributed by atoms with Crippen LogP contribution >= 0.6 is 0 Å². The minimum atomic E-state index is -0.590. The number of carbonyl (C=O) groups excluding carboxylic acids is 2. The van der Waals surface area contributed by atoms with Gasteiger partial charge in [-0.1, -0.05) is 50.6 Å². The molecule has 1 amide bonds. The molecule has 5 heteroatoms. The normalized spacial score (nSPS) is 13.5. The number of nitrogens with zero attached hydrogens (tertiary/aromatic N) is 1. The van der Waals surface area contributed by atoms with Gasteiger partial charge in [0.15, 0.2) is 0 Å². The topological polar surface area (TPSA) is 58.6 Å². The van der Waals surface area contributed by atoms with Gasteiger partial charge in [0.05, 0.1) is 13.7 Å². The highest BCUT2D eigenvalue weighted by molar-refractivity contribution is 5.85. The van der Waals surface area contributed by atoms with Crippen LogP contribution in [-0.2, 0) is 20.9 Å². The summed E-state index contributed by atoms with van der Waals surface area (Å²) in [6.45, 7) is 4.82. The Hall–Kier alpha value is -1.88. The van der Waals surface area contributed by atoms with Gasteiger partial charge in [-0.15, -0.1) is 0 Å². The van der Waals surface area contributed by atoms with Crippen molar-refractivity contribution in [2.45, 2.75) is 32.9 Å². The van der Waals surface area contributed by atoms with E-state index >= 15 is 0 Å². The minimum absolute atomic E-state index is 0.0378. The molecule has 0 aliphatic rings. The molecule has 0 heterocycles. The smallest absolute Gasteiger partial charge is 0.328 e. The number of benzene rings is 1. The maximum absolute atomic E-state index is 12.1. The van der Waals surface area contributed by atoms with E-state index < -0.39 is 12.0 Å². The molecule has 0 aromatic heterocycles. The standard InChI is InChI=1S/C17H26N2O3/c1-5-13(2)16(17(21)22-4)18-15(20)12-19(3)11-14-9-7-6-8-10-14/h6-10,13,16H,5,11-12H2,1-4H3,(H,18,20). The van der Waals surface area contributed by atoms with Gasteiger partial charge >= 0.3 is 5.97 Å². The van der Waals surface area contributed by atoms with E-state index in [-0.39, 0.29) is 18.4 Å². The quantitative estimate of drug-likeness (QED) is 0.744. The predicted octanol–water partition coefficient (Wildman–Crippen LogP) is 1.82. The first kappa shape index (κ1) is 18.2. The molecule has 1 rings (SSSR count). The zero-order valence-electron chi connectivity index (χ0n) is 13.8. The molecule has 1 aromatic rings. The summed E-state index contributed by atoms with van der Waals surface area (Å²) < 4.78 is 4.77. The van der Waals surface area contributed by atoms with Crippen molar-refractivity contribution in [2.24, 2.45) is 5.92 Å². The van der Waals surface area contributed by atoms with Crippen molar-refractivity contribution in [3.8, 4) is 0 Å². The van der Waals surface area contributed by atoms with Gasteiger partial charge in [0.1, 0.15) is 6.04 Å². The zero-order chi connectivity index (χ0) is 16.5. The molecule has 0 bridgehead atoms. The zero-order valence-corrected chi connectivity index (χ0v) is 13.8. The number of esters is 1. The highest BCUT2D eigenvalue weighted by Gasteiger charge is 2.26. The lowest BCUT2D eigenvalue weighted by Crippen LogP contribution is -2.48. The summed E-state index contributed by atoms with van der Waals surface area (Å²) in [5, 5.41) is 2.78. The third-order valence-electron chi connectivity index (χ3n) is 3.69. The molecule has 0 aliphatic carbocycles. The Morgan fingerprint density at radius 1 is 1.27 bits per heavy atom. The van der Waals surface area contributed by atoms with Gasteiger partial charge in [0.25, 0.3) is 0 Å². The second-order valence-electron chi connectivity index (χ2n) is 5.61. The number of carbonyl (C=O) groups is 2. The van der Waals surface area contributed by atoms with Gasteiger partial charge in [-0.25, -0.2) is 4.79 Å². The predicted molar refractivity (Wildman–Crippen MR) is 86.2 cm³/mol. The molecular weight excluding hydrogens is 280 g/mol. The van der Waals surface area contributed by atoms with Crippen LogP contribution in [0.15, 0.2) is 30.3 Å². The number of amides is 1. The van der Waals surface area contributed by atoms with E-state index in [1.165, 1.54) is 7.11 Å². The number of methoxy groups -OCH3 is 1. The van der Waals surface area contributed by atoms with Crippen molar-refractivity contribution >= 4 is 11.9 Å². The summed E-state index contributed by atoms with van der Waals surface area (Å²) in [5.74, 6) is -0.529. The molecule has 22 heavy (non-hydrogen) atoms. The van der Waals surface area contributed by atoms with Crippen LogP contribution in [0.25, 0.3) is 0 Å². The largest absolute Gasteiger partial charge is 0.467 e. The van der Waals surface area contributed by atoms with E-state index in [9.17, 15) is 9.59 Å². The fraction of sp³-hybridized carbons (Fsp3) is 0.529. The van der Waals surface area contributed by atoms with Crippen molar-refractivity contribution in [3.05, 3.63) is 35.9 Å². The minimum Gasteiger partial charge on any atom is -0.467 e. The van der Waals surface area contributed by atoms with E-state index in [4.69, 9.17) is 4.74 Å². The summed E-state index contributed by atoms with van der Waals surface area (Å²) in [5.41, 5.74) is 1.14. The summed E-state index contributed by atoms with van der Waals surface area (Å²) in [4.78, 5) is 25.8. The Morgan fingerprint density at radius 2 is 1.91 bits per heavy atom. The Morgan fingerprint density at radius 3 is 2.45 bits per heavy atom. The highest BCUT2D eigenvalue weighted by atomic mass is 16.5. The number of hydrogen-bond donors (Lipinski definition) is 1. The molecule has 0 aliphatic heterocycles. The summed E-state index contributed by atoms with van der Waals surface area (Å²) in [6.07, 6.45) is 0.792. The maximum atomic E-state index is 12.1. The van der Waals surface area contributed by atoms with Crippen molar-refractivity contribution in [1.82, 2.24) is 10.2 Å². The van der Waals surface area contributed by atoms with E-state index in [2.05, 4.69) is 5.32 Å². The molecule has 0 saturated heterocycles. The third kappa shape index (κ3) is 5.85. The van der Waals surface area contributed by atoms with E-state index in [1.54, 1.807) is 0 Å². The van der Waals surface area contributed by atoms with Crippen molar-refractivity contribution < 1.29 is 14.3 Å². The van der Waals surface area contributed by atoms with E-state index in [0.717, 1.165) is 12.0 Å². The SMILES string of the molecule is CCC(C)C(NC(=O)CN(C)Cc1ccccc1)C(=O)OC. The summed E-state index contributed by atoms with van der Waals surface area (Å²) in [7, 11) is 3.22. The van der Waals surface area contributed by atoms with Gasteiger partial charge in [0.2, 0.25) is 5.91 Å². The second kappa shape index (κ2) is 9.20. The van der Waals surface area contributed by atoms with Crippen LogP contribution in [0.1, 0.15) is 25.8 Å². The molecule has 0 fully saturated rings. The second-order valence-corrected chi connectivity index (χ2v) is 5.61. The average Bonchev–Trinajstić information content (AvgIpc) is 2.51. The Bertz CT molecular complexity index is 476. The van der Waals surface area contributed by atoms with Gasteiger partial charge < -0.3 is 10.1 Å². The van der Waals surface area contributed by atoms with Gasteiger partial charge in [-0.3, -0.25) is 9.69 Å². The van der Waals surface area contributed by atoms with Crippen LogP contribution in [0, 0.1) is 5.92 Å². The molecule has 0 spiro atoms. The summed E-state index contributed by atoms with van der Waals surface area (Å²) in [6, 6.07) is 9.35. The fourth-order valence-electron chi connectivity index (χ4n) is 2.21. The molecule has 1 aromatic carbocycles. The monoisotopic (exact) mass is 306 g/mol. The lowest BCUT2D eigenvalue weighted by Gasteiger charge is -2.23. The van der Waals surface area contributed by atoms with Crippen molar-refractivity contribution in [3.63, 3.8) is 0 Å².